The molecule has 1 aliphatic carbocycles. The second-order valence-electron chi connectivity index (χ2n) is 2.18. The normalized spacial score (nSPS) is 18.2. The third-order valence-corrected chi connectivity index (χ3v) is 2.32. The zero-order valence-electron chi connectivity index (χ0n) is 5.60. The summed E-state index contributed by atoms with van der Waals surface area (Å²) in [7, 11) is 0. The third kappa shape index (κ3) is 1.76. The zero-order valence-corrected chi connectivity index (χ0v) is 7.11. The van der Waals surface area contributed by atoms with Crippen molar-refractivity contribution in [3.05, 3.63) is 21.7 Å². The lowest BCUT2D eigenvalue weighted by Crippen LogP contribution is -2.04. The molecule has 0 heterocycles. The van der Waals surface area contributed by atoms with E-state index in [9.17, 15) is 4.79 Å². The van der Waals surface area contributed by atoms with Crippen LogP contribution in [0.1, 0.15) is 12.8 Å². The Morgan fingerprint density at radius 3 is 2.64 bits per heavy atom. The van der Waals surface area contributed by atoms with Gasteiger partial charge in [-0.15, -0.1) is 0 Å². The molecule has 1 rings (SSSR count). The molecule has 0 aromatic carbocycles. The lowest BCUT2D eigenvalue weighted by atomic mass is 10.1. The SMILES string of the molecule is O=C(O)C1=CCCC(Cl)=C1Cl. The molecule has 0 bridgehead atoms. The Balaban J connectivity index is 2.98. The summed E-state index contributed by atoms with van der Waals surface area (Å²) in [5.74, 6) is -1.02. The van der Waals surface area contributed by atoms with Crippen LogP contribution in [0.15, 0.2) is 21.7 Å². The van der Waals surface area contributed by atoms with Crippen molar-refractivity contribution in [3.8, 4) is 0 Å². The van der Waals surface area contributed by atoms with Gasteiger partial charge in [0.25, 0.3) is 0 Å². The number of allylic oxidation sites excluding steroid dienone is 2. The summed E-state index contributed by atoms with van der Waals surface area (Å²) >= 11 is 11.3. The highest BCUT2D eigenvalue weighted by molar-refractivity contribution is 6.42. The van der Waals surface area contributed by atoms with Gasteiger partial charge in [0.15, 0.2) is 0 Å². The second kappa shape index (κ2) is 3.28. The molecule has 1 aliphatic rings. The molecule has 60 valence electrons. The first kappa shape index (κ1) is 8.62. The van der Waals surface area contributed by atoms with Gasteiger partial charge in [0.2, 0.25) is 0 Å². The van der Waals surface area contributed by atoms with Crippen LogP contribution in [-0.4, -0.2) is 11.1 Å². The summed E-state index contributed by atoms with van der Waals surface area (Å²) in [5, 5.41) is 9.19. The van der Waals surface area contributed by atoms with Gasteiger partial charge in [-0.3, -0.25) is 0 Å². The molecule has 0 aromatic heterocycles. The molecule has 2 nitrogen and oxygen atoms in total. The van der Waals surface area contributed by atoms with Crippen LogP contribution in [0, 0.1) is 0 Å². The van der Waals surface area contributed by atoms with Crippen LogP contribution in [0.4, 0.5) is 0 Å². The summed E-state index contributed by atoms with van der Waals surface area (Å²) in [4.78, 5) is 10.5. The molecular weight excluding hydrogens is 187 g/mol. The fourth-order valence-corrected chi connectivity index (χ4v) is 1.33. The summed E-state index contributed by atoms with van der Waals surface area (Å²) < 4.78 is 0. The number of hydrogen-bond acceptors (Lipinski definition) is 1. The van der Waals surface area contributed by atoms with Gasteiger partial charge in [0.1, 0.15) is 0 Å². The Bertz CT molecular complexity index is 253. The number of carboxylic acid groups (broad SMARTS) is 1. The maximum Gasteiger partial charge on any atom is 0.336 e. The topological polar surface area (TPSA) is 37.3 Å². The molecule has 4 heteroatoms. The molecule has 0 saturated heterocycles. The van der Waals surface area contributed by atoms with Crippen molar-refractivity contribution in [1.29, 1.82) is 0 Å². The van der Waals surface area contributed by atoms with Crippen molar-refractivity contribution in [2.45, 2.75) is 12.8 Å². The Kier molecular flexibility index (Phi) is 2.58. The van der Waals surface area contributed by atoms with Crippen molar-refractivity contribution in [2.75, 3.05) is 0 Å². The first-order valence-corrected chi connectivity index (χ1v) is 3.86. The van der Waals surface area contributed by atoms with Crippen LogP contribution >= 0.6 is 23.2 Å². The largest absolute Gasteiger partial charge is 0.478 e. The van der Waals surface area contributed by atoms with E-state index in [1.165, 1.54) is 0 Å². The average molecular weight is 193 g/mol. The van der Waals surface area contributed by atoms with E-state index in [4.69, 9.17) is 28.3 Å². The molecule has 1 N–H and O–H groups in total. The van der Waals surface area contributed by atoms with Crippen molar-refractivity contribution in [1.82, 2.24) is 0 Å². The molecule has 0 unspecified atom stereocenters. The zero-order chi connectivity index (χ0) is 8.43. The molecule has 0 aromatic rings. The van der Waals surface area contributed by atoms with Crippen LogP contribution in [0.2, 0.25) is 0 Å². The Morgan fingerprint density at radius 2 is 2.18 bits per heavy atom. The van der Waals surface area contributed by atoms with E-state index < -0.39 is 5.97 Å². The van der Waals surface area contributed by atoms with E-state index in [0.29, 0.717) is 17.9 Å². The van der Waals surface area contributed by atoms with Gasteiger partial charge in [-0.05, 0) is 12.8 Å². The monoisotopic (exact) mass is 192 g/mol. The van der Waals surface area contributed by atoms with Gasteiger partial charge >= 0.3 is 5.97 Å². The average Bonchev–Trinajstić information content (AvgIpc) is 1.94. The van der Waals surface area contributed by atoms with Crippen molar-refractivity contribution in [2.24, 2.45) is 0 Å². The highest BCUT2D eigenvalue weighted by atomic mass is 35.5. The quantitative estimate of drug-likeness (QED) is 0.694. The minimum Gasteiger partial charge on any atom is -0.478 e. The van der Waals surface area contributed by atoms with E-state index in [0.717, 1.165) is 0 Å². The fourth-order valence-electron chi connectivity index (χ4n) is 0.870. The van der Waals surface area contributed by atoms with Crippen LogP contribution < -0.4 is 0 Å². The fraction of sp³-hybridized carbons (Fsp3) is 0.286. The van der Waals surface area contributed by atoms with Crippen LogP contribution in [0.5, 0.6) is 0 Å². The first-order chi connectivity index (χ1) is 5.13. The van der Waals surface area contributed by atoms with Gasteiger partial charge in [-0.25, -0.2) is 4.79 Å². The Hall–Kier alpha value is -0.470. The van der Waals surface area contributed by atoms with Gasteiger partial charge in [0.05, 0.1) is 10.6 Å². The number of carbonyl (C=O) groups is 1. The number of aliphatic carboxylic acids is 1. The van der Waals surface area contributed by atoms with Gasteiger partial charge in [0, 0.05) is 5.03 Å². The summed E-state index contributed by atoms with van der Waals surface area (Å²) in [6.07, 6.45) is 2.87. The van der Waals surface area contributed by atoms with E-state index in [1.807, 2.05) is 0 Å². The Labute approximate surface area is 74.1 Å². The molecule has 0 spiro atoms. The number of carboxylic acids is 1. The highest BCUT2D eigenvalue weighted by Gasteiger charge is 2.17. The molecule has 0 atom stereocenters. The predicted octanol–water partition coefficient (Wildman–Crippen LogP) is 2.48. The molecule has 11 heavy (non-hydrogen) atoms. The maximum atomic E-state index is 10.5. The van der Waals surface area contributed by atoms with Gasteiger partial charge in [-0.1, -0.05) is 29.3 Å². The standard InChI is InChI=1S/C7H6Cl2O2/c8-5-3-1-2-4(6(5)9)7(10)11/h2H,1,3H2,(H,10,11). The van der Waals surface area contributed by atoms with Crippen molar-refractivity contribution in [3.63, 3.8) is 0 Å². The third-order valence-electron chi connectivity index (χ3n) is 1.42. The first-order valence-electron chi connectivity index (χ1n) is 3.11. The van der Waals surface area contributed by atoms with E-state index in [1.54, 1.807) is 6.08 Å². The molecule has 0 aliphatic heterocycles. The number of hydrogen-bond donors (Lipinski definition) is 1. The lowest BCUT2D eigenvalue weighted by Gasteiger charge is -2.09. The maximum absolute atomic E-state index is 10.5. The highest BCUT2D eigenvalue weighted by Crippen LogP contribution is 2.30. The summed E-state index contributed by atoms with van der Waals surface area (Å²) in [6.45, 7) is 0. The van der Waals surface area contributed by atoms with Crippen LogP contribution in [0.25, 0.3) is 0 Å². The van der Waals surface area contributed by atoms with Crippen molar-refractivity contribution < 1.29 is 9.90 Å². The number of rotatable bonds is 1. The molecule has 0 radical (unpaired) electrons. The second-order valence-corrected chi connectivity index (χ2v) is 3.01. The molecule has 0 saturated carbocycles. The van der Waals surface area contributed by atoms with E-state index >= 15 is 0 Å². The molecular formula is C7H6Cl2O2. The minimum atomic E-state index is -1.02. The van der Waals surface area contributed by atoms with Crippen LogP contribution in [-0.2, 0) is 4.79 Å². The predicted molar refractivity (Wildman–Crippen MR) is 43.7 cm³/mol. The van der Waals surface area contributed by atoms with E-state index in [2.05, 4.69) is 0 Å². The molecule has 0 amide bonds. The van der Waals surface area contributed by atoms with Crippen LogP contribution in [0.3, 0.4) is 0 Å². The lowest BCUT2D eigenvalue weighted by molar-refractivity contribution is -0.132. The van der Waals surface area contributed by atoms with Gasteiger partial charge < -0.3 is 5.11 Å². The summed E-state index contributed by atoms with van der Waals surface area (Å²) in [5.41, 5.74) is 0.114. The number of halogens is 2. The van der Waals surface area contributed by atoms with E-state index in [-0.39, 0.29) is 10.6 Å². The van der Waals surface area contributed by atoms with Crippen molar-refractivity contribution >= 4 is 29.2 Å². The minimum absolute atomic E-state index is 0.114. The Morgan fingerprint density at radius 1 is 1.55 bits per heavy atom. The van der Waals surface area contributed by atoms with Gasteiger partial charge in [-0.2, -0.15) is 0 Å². The summed E-state index contributed by atoms with van der Waals surface area (Å²) in [6, 6.07) is 0. The molecule has 0 fully saturated rings. The smallest absolute Gasteiger partial charge is 0.336 e.